The third-order valence-electron chi connectivity index (χ3n) is 23.4. The van der Waals surface area contributed by atoms with Crippen molar-refractivity contribution in [2.45, 2.75) is 50.8 Å². The molecule has 0 aliphatic carbocycles. The van der Waals surface area contributed by atoms with Gasteiger partial charge in [-0.05, 0) is 266 Å². The van der Waals surface area contributed by atoms with Gasteiger partial charge >= 0.3 is 0 Å². The summed E-state index contributed by atoms with van der Waals surface area (Å²) in [4.78, 5) is 0.116. The number of hydrogen-bond acceptors (Lipinski definition) is 24. The summed E-state index contributed by atoms with van der Waals surface area (Å²) in [6, 6.07) is 115. The van der Waals surface area contributed by atoms with Crippen LogP contribution in [0, 0.1) is 0 Å². The number of para-hydroxylation sites is 2. The molecule has 5 heterocycles. The van der Waals surface area contributed by atoms with Crippen LogP contribution in [0.4, 0.5) is 0 Å². The van der Waals surface area contributed by atoms with E-state index in [1.54, 1.807) is 187 Å². The molecule has 0 fully saturated rings. The molecule has 20 aromatic rings. The Morgan fingerprint density at radius 1 is 0.228 bits per heavy atom. The molecule has 0 aliphatic rings. The number of aromatic nitrogens is 10. The minimum atomic E-state index is -3.80. The number of aromatic hydroxyl groups is 5. The Kier molecular flexibility index (Phi) is 31.7. The topological polar surface area (TPSA) is 564 Å². The number of benzene rings is 15. The van der Waals surface area contributed by atoms with Gasteiger partial charge in [0.2, 0.25) is 50.1 Å². The van der Waals surface area contributed by atoms with Crippen LogP contribution in [0.3, 0.4) is 0 Å². The Bertz CT molecular complexity index is 8780. The number of phenols is 5. The standard InChI is InChI=1S/C23H22N4O3S.3C22H19N3O4S.C21H17N3O3S/c1-25-15-16-6-8-17(9-7-16)22-14-21(20-4-2-3-5-23(20)28)26-27(22)18-10-12-19(13-11-18)31(24,29)30;23-30(28,29)20-11-7-18(8-12-20)25-22(17-3-1-15(14-26)2-4-17)13-21(24-25)16-5-9-19(27)10-6-16;23-30(28,29)20-10-8-18(9-11-20)25-22(16-6-4-15(14-26)5-7-16)13-21(24-25)17-2-1-3-19(27)12-17;23-30(28,29)18-11-9-17(10-12-18)25-21(16-7-5-15(14-26)6-8-16)13-20(24-25)19-3-1-2-4-22(19)27;22-28(26,27)19-12-8-17(9-13-19)24-21(16-4-2-1-3-5-16)14-20(23-24)15-6-10-18(25)11-7-15/h2-14,25,28H,15H2,1H3,(H2,24,29,30);3*1-13,26-27H,14H2,(H2,23,28,29);1-14,25H,(H2,22,26,27). The zero-order valence-corrected chi connectivity index (χ0v) is 83.1. The first-order valence-electron chi connectivity index (χ1n) is 45.4. The Balaban J connectivity index is 0.000000133. The third-order valence-corrected chi connectivity index (χ3v) is 28.1. The lowest BCUT2D eigenvalue weighted by atomic mass is 10.1. The van der Waals surface area contributed by atoms with E-state index in [0.29, 0.717) is 62.3 Å². The van der Waals surface area contributed by atoms with E-state index in [2.05, 4.69) is 15.5 Å². The molecule has 19 N–H and O–H groups in total. The zero-order valence-electron chi connectivity index (χ0n) is 79.0. The van der Waals surface area contributed by atoms with E-state index in [-0.39, 0.29) is 73.0 Å². The number of aliphatic hydroxyl groups excluding tert-OH is 3. The average molecular weight is 2090 g/mol. The van der Waals surface area contributed by atoms with E-state index in [0.717, 1.165) is 107 Å². The Morgan fingerprint density at radius 2 is 0.456 bits per heavy atom. The Labute approximate surface area is 857 Å². The number of nitrogens with zero attached hydrogens (tertiary/aromatic N) is 10. The van der Waals surface area contributed by atoms with Gasteiger partial charge in [0.05, 0.1) is 130 Å². The molecule has 0 radical (unpaired) electrons. The maximum absolute atomic E-state index is 11.6. The SMILES string of the molecule is CNCc1ccc(-c2cc(-c3ccccc3O)nn2-c2ccc(S(N)(=O)=O)cc2)cc1.NS(=O)(=O)c1ccc(-n2nc(-c3ccc(O)cc3)cc2-c2ccc(CO)cc2)cc1.NS(=O)(=O)c1ccc(-n2nc(-c3ccc(O)cc3)cc2-c2ccccc2)cc1.NS(=O)(=O)c1ccc(-n2nc(-c3cccc(O)c3)cc2-c2ccc(CO)cc2)cc1.NS(=O)(=O)c1ccc(-n2nc(-c3ccccc3O)cc2-c2ccc(CO)cc2)cc1. The summed E-state index contributed by atoms with van der Waals surface area (Å²) in [7, 11) is -17.0. The fourth-order valence-corrected chi connectivity index (χ4v) is 18.3. The van der Waals surface area contributed by atoms with E-state index in [9.17, 15) is 82.9 Å². The normalized spacial score (nSPS) is 11.5. The minimum Gasteiger partial charge on any atom is -0.508 e. The van der Waals surface area contributed by atoms with Crippen molar-refractivity contribution in [3.63, 3.8) is 0 Å². The number of primary sulfonamides is 5. The van der Waals surface area contributed by atoms with Crippen LogP contribution in [0.1, 0.15) is 22.3 Å². The van der Waals surface area contributed by atoms with Crippen molar-refractivity contribution in [1.29, 1.82) is 0 Å². The van der Waals surface area contributed by atoms with Gasteiger partial charge in [-0.2, -0.15) is 25.5 Å². The summed E-state index contributed by atoms with van der Waals surface area (Å²) in [5.41, 5.74) is 22.1. The largest absolute Gasteiger partial charge is 0.508 e. The highest BCUT2D eigenvalue weighted by Crippen LogP contribution is 2.40. The van der Waals surface area contributed by atoms with E-state index in [4.69, 9.17) is 41.0 Å². The highest BCUT2D eigenvalue weighted by Gasteiger charge is 2.24. The van der Waals surface area contributed by atoms with Crippen LogP contribution >= 0.6 is 0 Å². The third kappa shape index (κ3) is 25.5. The molecule has 15 aromatic carbocycles. The van der Waals surface area contributed by atoms with Crippen LogP contribution in [-0.4, -0.2) is 139 Å². The maximum atomic E-state index is 11.6. The van der Waals surface area contributed by atoms with Crippen molar-refractivity contribution in [2.75, 3.05) is 7.05 Å². The van der Waals surface area contributed by atoms with Crippen molar-refractivity contribution < 1.29 is 82.9 Å². The first-order valence-corrected chi connectivity index (χ1v) is 53.1. The highest BCUT2D eigenvalue weighted by atomic mass is 32.2. The van der Waals surface area contributed by atoms with Gasteiger partial charge in [0.15, 0.2) is 0 Å². The second kappa shape index (κ2) is 45.2. The van der Waals surface area contributed by atoms with Gasteiger partial charge in [0, 0.05) is 62.2 Å². The number of aliphatic hydroxyl groups is 3. The summed E-state index contributed by atoms with van der Waals surface area (Å²) < 4.78 is 124. The van der Waals surface area contributed by atoms with Gasteiger partial charge in [-0.15, -0.1) is 0 Å². The molecule has 0 amide bonds. The quantitative estimate of drug-likeness (QED) is 0.0253. The number of hydrogen-bond donors (Lipinski definition) is 14. The molecule has 39 heteroatoms. The first kappa shape index (κ1) is 105. The lowest BCUT2D eigenvalue weighted by Gasteiger charge is -2.09. The summed E-state index contributed by atoms with van der Waals surface area (Å²) >= 11 is 0. The van der Waals surface area contributed by atoms with Gasteiger partial charge in [-0.25, -0.2) is 91.2 Å². The predicted octanol–water partition coefficient (Wildman–Crippen LogP) is 16.0. The summed E-state index contributed by atoms with van der Waals surface area (Å²) in [6.45, 7) is 0.603. The summed E-state index contributed by atoms with van der Waals surface area (Å²) in [5.74, 6) is 0.719. The minimum absolute atomic E-state index is 0.00758. The lowest BCUT2D eigenvalue weighted by molar-refractivity contribution is 0.281. The molecule has 0 atom stereocenters. The van der Waals surface area contributed by atoms with Crippen LogP contribution in [-0.2, 0) is 76.5 Å². The van der Waals surface area contributed by atoms with E-state index in [1.165, 1.54) is 60.7 Å². The zero-order chi connectivity index (χ0) is 106. The highest BCUT2D eigenvalue weighted by molar-refractivity contribution is 7.90. The number of phenolic OH excluding ortho intramolecular Hbond substituents is 5. The van der Waals surface area contributed by atoms with Crippen LogP contribution in [0.15, 0.2) is 425 Å². The molecular weight excluding hydrogens is 1990 g/mol. The molecule has 754 valence electrons. The molecule has 0 saturated carbocycles. The average Bonchev–Trinajstić information content (AvgIpc) is 1.66. The fourth-order valence-electron chi connectivity index (χ4n) is 15.7. The van der Waals surface area contributed by atoms with E-state index in [1.807, 2.05) is 183 Å². The Hall–Kier alpha value is -17.3. The molecule has 0 bridgehead atoms. The number of sulfonamides is 5. The molecule has 0 aliphatic heterocycles. The van der Waals surface area contributed by atoms with Gasteiger partial charge in [0.1, 0.15) is 28.7 Å². The molecule has 149 heavy (non-hydrogen) atoms. The Morgan fingerprint density at radius 3 is 0.711 bits per heavy atom. The smallest absolute Gasteiger partial charge is 0.238 e. The van der Waals surface area contributed by atoms with E-state index < -0.39 is 50.1 Å². The lowest BCUT2D eigenvalue weighted by Crippen LogP contribution is -2.12. The van der Waals surface area contributed by atoms with Crippen molar-refractivity contribution in [3.8, 4) is 170 Å². The van der Waals surface area contributed by atoms with Crippen LogP contribution in [0.2, 0.25) is 0 Å². The van der Waals surface area contributed by atoms with Gasteiger partial charge < -0.3 is 46.2 Å². The fraction of sp³-hybridized carbons (Fsp3) is 0.0455. The van der Waals surface area contributed by atoms with Gasteiger partial charge in [-0.1, -0.05) is 164 Å². The molecule has 0 unspecified atom stereocenters. The van der Waals surface area contributed by atoms with Crippen LogP contribution in [0.5, 0.6) is 28.7 Å². The summed E-state index contributed by atoms with van der Waals surface area (Å²) in [5, 5.41) is 130. The number of nitrogens with two attached hydrogens (primary N) is 5. The first-order chi connectivity index (χ1) is 71.3. The molecule has 20 rings (SSSR count). The summed E-state index contributed by atoms with van der Waals surface area (Å²) in [6.07, 6.45) is 0. The number of rotatable bonds is 25. The van der Waals surface area contributed by atoms with Crippen LogP contribution < -0.4 is 31.0 Å². The van der Waals surface area contributed by atoms with Gasteiger partial charge in [-0.3, -0.25) is 0 Å². The monoisotopic (exact) mass is 2090 g/mol. The van der Waals surface area contributed by atoms with Crippen molar-refractivity contribution >= 4 is 50.1 Å². The van der Waals surface area contributed by atoms with E-state index >= 15 is 0 Å². The molecule has 5 aromatic heterocycles. The molecule has 0 saturated heterocycles. The number of nitrogens with one attached hydrogen (secondary N) is 1. The predicted molar refractivity (Wildman–Crippen MR) is 568 cm³/mol. The molecule has 34 nitrogen and oxygen atoms in total. The van der Waals surface area contributed by atoms with Crippen molar-refractivity contribution in [2.24, 2.45) is 25.7 Å². The maximum Gasteiger partial charge on any atom is 0.238 e. The van der Waals surface area contributed by atoms with Crippen LogP contribution in [0.25, 0.3) is 141 Å². The van der Waals surface area contributed by atoms with Crippen molar-refractivity contribution in [3.05, 3.63) is 423 Å². The molecule has 0 spiro atoms. The van der Waals surface area contributed by atoms with Gasteiger partial charge in [0.25, 0.3) is 0 Å². The van der Waals surface area contributed by atoms with Crippen molar-refractivity contribution in [1.82, 2.24) is 54.2 Å². The second-order valence-electron chi connectivity index (χ2n) is 33.7. The molecular formula is C110H96N16O18S5. The second-order valence-corrected chi connectivity index (χ2v) is 41.5.